The van der Waals surface area contributed by atoms with E-state index in [1.165, 1.54) is 7.11 Å². The summed E-state index contributed by atoms with van der Waals surface area (Å²) >= 11 is 6.15. The van der Waals surface area contributed by atoms with Gasteiger partial charge in [-0.25, -0.2) is 4.98 Å². The minimum absolute atomic E-state index is 0.237. The first kappa shape index (κ1) is 21.8. The zero-order chi connectivity index (χ0) is 22.5. The molecule has 0 radical (unpaired) electrons. The lowest BCUT2D eigenvalue weighted by atomic mass is 10.1. The van der Waals surface area contributed by atoms with E-state index < -0.39 is 16.5 Å². The van der Waals surface area contributed by atoms with Crippen molar-refractivity contribution in [2.24, 2.45) is 0 Å². The molecule has 0 unspecified atom stereocenters. The van der Waals surface area contributed by atoms with Crippen LogP contribution in [0.15, 0.2) is 42.7 Å². The molecular weight excluding hydrogens is 426 g/mol. The minimum atomic E-state index is -0.702. The fourth-order valence-corrected chi connectivity index (χ4v) is 2.81. The predicted molar refractivity (Wildman–Crippen MR) is 114 cm³/mol. The van der Waals surface area contributed by atoms with Gasteiger partial charge in [-0.2, -0.15) is 4.98 Å². The molecule has 0 fully saturated rings. The molecule has 0 aliphatic carbocycles. The molecule has 3 rings (SSSR count). The summed E-state index contributed by atoms with van der Waals surface area (Å²) in [5.41, 5.74) is 6.09. The van der Waals surface area contributed by atoms with E-state index in [0.717, 1.165) is 17.5 Å². The Morgan fingerprint density at radius 3 is 2.32 bits per heavy atom. The third-order valence-corrected chi connectivity index (χ3v) is 4.84. The van der Waals surface area contributed by atoms with Crippen LogP contribution >= 0.6 is 11.6 Å². The Hall–Kier alpha value is -3.92. The van der Waals surface area contributed by atoms with Gasteiger partial charge in [-0.3, -0.25) is 25.8 Å². The van der Waals surface area contributed by atoms with Gasteiger partial charge >= 0.3 is 11.6 Å². The van der Waals surface area contributed by atoms with Crippen molar-refractivity contribution in [3.05, 3.63) is 74.6 Å². The highest BCUT2D eigenvalue weighted by molar-refractivity contribution is 6.32. The van der Waals surface area contributed by atoms with Gasteiger partial charge in [0.2, 0.25) is 5.82 Å². The summed E-state index contributed by atoms with van der Waals surface area (Å²) in [5, 5.41) is 12.2. The number of hydrogen-bond acceptors (Lipinski definition) is 8. The highest BCUT2D eigenvalue weighted by Gasteiger charge is 2.26. The van der Waals surface area contributed by atoms with Gasteiger partial charge in [0, 0.05) is 10.6 Å². The summed E-state index contributed by atoms with van der Waals surface area (Å²) in [6.45, 7) is 3.58. The molecule has 2 N–H and O–H groups in total. The number of amides is 1. The fourth-order valence-electron chi connectivity index (χ4n) is 2.70. The molecule has 0 aliphatic heterocycles. The molecule has 160 valence electrons. The van der Waals surface area contributed by atoms with E-state index in [9.17, 15) is 14.9 Å². The SMILES string of the molecule is COc1ccc(C(=O)NNc2ncnc(Oc3cc(C)c(Cl)c(C)c3)c2[N+](=O)[O-])cc1. The monoisotopic (exact) mass is 443 g/mol. The number of nitrogens with one attached hydrogen (secondary N) is 2. The van der Waals surface area contributed by atoms with Crippen LogP contribution in [0.25, 0.3) is 0 Å². The number of halogens is 1. The first-order valence-corrected chi connectivity index (χ1v) is 9.32. The second-order valence-electron chi connectivity index (χ2n) is 6.41. The quantitative estimate of drug-likeness (QED) is 0.410. The topological polar surface area (TPSA) is 129 Å². The first-order chi connectivity index (χ1) is 14.8. The summed E-state index contributed by atoms with van der Waals surface area (Å²) in [5.74, 6) is -0.136. The van der Waals surface area contributed by atoms with E-state index >= 15 is 0 Å². The molecule has 31 heavy (non-hydrogen) atoms. The molecule has 0 atom stereocenters. The third kappa shape index (κ3) is 4.98. The molecule has 10 nitrogen and oxygen atoms in total. The minimum Gasteiger partial charge on any atom is -0.497 e. The molecular formula is C20H18ClN5O5. The van der Waals surface area contributed by atoms with Crippen molar-refractivity contribution in [2.75, 3.05) is 12.5 Å². The highest BCUT2D eigenvalue weighted by Crippen LogP contribution is 2.35. The van der Waals surface area contributed by atoms with Crippen molar-refractivity contribution in [3.63, 3.8) is 0 Å². The van der Waals surface area contributed by atoms with Crippen molar-refractivity contribution in [1.29, 1.82) is 0 Å². The summed E-state index contributed by atoms with van der Waals surface area (Å²) in [6.07, 6.45) is 1.08. The molecule has 0 bridgehead atoms. The lowest BCUT2D eigenvalue weighted by Crippen LogP contribution is -2.30. The Labute approximate surface area is 182 Å². The van der Waals surface area contributed by atoms with E-state index in [-0.39, 0.29) is 11.7 Å². The zero-order valence-corrected chi connectivity index (χ0v) is 17.6. The molecule has 1 heterocycles. The maximum atomic E-state index is 12.3. The third-order valence-electron chi connectivity index (χ3n) is 4.24. The molecule has 0 spiro atoms. The number of benzene rings is 2. The fraction of sp³-hybridized carbons (Fsp3) is 0.150. The van der Waals surface area contributed by atoms with Gasteiger partial charge in [0.15, 0.2) is 0 Å². The summed E-state index contributed by atoms with van der Waals surface area (Å²) < 4.78 is 10.7. The van der Waals surface area contributed by atoms with Gasteiger partial charge in [0.25, 0.3) is 5.91 Å². The van der Waals surface area contributed by atoms with Crippen molar-refractivity contribution in [3.8, 4) is 17.4 Å². The van der Waals surface area contributed by atoms with E-state index in [1.54, 1.807) is 50.2 Å². The Morgan fingerprint density at radius 2 is 1.74 bits per heavy atom. The lowest BCUT2D eigenvalue weighted by molar-refractivity contribution is -0.385. The molecule has 0 aliphatic rings. The predicted octanol–water partition coefficient (Wildman–Crippen LogP) is 4.21. The standard InChI is InChI=1S/C20H18ClN5O5/c1-11-8-15(9-12(2)16(11)21)31-20-17(26(28)29)18(22-10-23-20)24-25-19(27)13-4-6-14(30-3)7-5-13/h4-10H,1-3H3,(H,25,27)(H,22,23,24). The first-order valence-electron chi connectivity index (χ1n) is 8.94. The van der Waals surface area contributed by atoms with E-state index in [1.807, 2.05) is 0 Å². The Kier molecular flexibility index (Phi) is 6.51. The number of ether oxygens (including phenoxy) is 2. The van der Waals surface area contributed by atoms with Crippen molar-refractivity contribution in [2.45, 2.75) is 13.8 Å². The van der Waals surface area contributed by atoms with Gasteiger partial charge in [-0.15, -0.1) is 0 Å². The average molecular weight is 444 g/mol. The maximum Gasteiger partial charge on any atom is 0.374 e. The molecule has 1 aromatic heterocycles. The van der Waals surface area contributed by atoms with Crippen LogP contribution in [0.3, 0.4) is 0 Å². The Balaban J connectivity index is 1.83. The van der Waals surface area contributed by atoms with E-state index in [0.29, 0.717) is 22.1 Å². The number of hydrazine groups is 1. The average Bonchev–Trinajstić information content (AvgIpc) is 2.75. The smallest absolute Gasteiger partial charge is 0.374 e. The summed E-state index contributed by atoms with van der Waals surface area (Å²) in [6, 6.07) is 9.60. The van der Waals surface area contributed by atoms with Crippen molar-refractivity contribution >= 4 is 29.0 Å². The number of carbonyl (C=O) groups is 1. The maximum absolute atomic E-state index is 12.3. The van der Waals surface area contributed by atoms with Crippen molar-refractivity contribution in [1.82, 2.24) is 15.4 Å². The van der Waals surface area contributed by atoms with Crippen LogP contribution in [-0.2, 0) is 0 Å². The molecule has 11 heteroatoms. The number of carbonyl (C=O) groups excluding carboxylic acids is 1. The van der Waals surface area contributed by atoms with Gasteiger partial charge in [-0.1, -0.05) is 11.6 Å². The number of aromatic nitrogens is 2. The molecule has 2 aromatic carbocycles. The Morgan fingerprint density at radius 1 is 1.10 bits per heavy atom. The summed E-state index contributed by atoms with van der Waals surface area (Å²) in [7, 11) is 1.51. The molecule has 0 saturated heterocycles. The zero-order valence-electron chi connectivity index (χ0n) is 16.8. The van der Waals surface area contributed by atoms with Crippen LogP contribution in [0.5, 0.6) is 17.4 Å². The molecule has 3 aromatic rings. The number of hydrogen-bond donors (Lipinski definition) is 2. The lowest BCUT2D eigenvalue weighted by Gasteiger charge is -2.12. The largest absolute Gasteiger partial charge is 0.497 e. The van der Waals surface area contributed by atoms with Crippen LogP contribution < -0.4 is 20.3 Å². The van der Waals surface area contributed by atoms with Crippen LogP contribution in [0, 0.1) is 24.0 Å². The van der Waals surface area contributed by atoms with E-state index in [4.69, 9.17) is 21.1 Å². The van der Waals surface area contributed by atoms with Crippen LogP contribution in [0.4, 0.5) is 11.5 Å². The van der Waals surface area contributed by atoms with Gasteiger partial charge in [-0.05, 0) is 61.4 Å². The van der Waals surface area contributed by atoms with Crippen LogP contribution in [0.1, 0.15) is 21.5 Å². The number of rotatable bonds is 7. The van der Waals surface area contributed by atoms with Crippen LogP contribution in [0.2, 0.25) is 5.02 Å². The molecule has 1 amide bonds. The van der Waals surface area contributed by atoms with Gasteiger partial charge in [0.05, 0.1) is 12.0 Å². The second-order valence-corrected chi connectivity index (χ2v) is 6.79. The number of methoxy groups -OCH3 is 1. The molecule has 0 saturated carbocycles. The van der Waals surface area contributed by atoms with Crippen LogP contribution in [-0.4, -0.2) is 27.9 Å². The number of nitro groups is 1. The number of nitrogens with zero attached hydrogens (tertiary/aromatic N) is 3. The van der Waals surface area contributed by atoms with Gasteiger partial charge < -0.3 is 9.47 Å². The second kappa shape index (κ2) is 9.26. The van der Waals surface area contributed by atoms with Crippen molar-refractivity contribution < 1.29 is 19.2 Å². The Bertz CT molecular complexity index is 1110. The van der Waals surface area contributed by atoms with E-state index in [2.05, 4.69) is 20.8 Å². The van der Waals surface area contributed by atoms with Gasteiger partial charge in [0.1, 0.15) is 17.8 Å². The normalized spacial score (nSPS) is 10.3. The number of anilines is 1. The highest BCUT2D eigenvalue weighted by atomic mass is 35.5. The number of aryl methyl sites for hydroxylation is 2. The summed E-state index contributed by atoms with van der Waals surface area (Å²) in [4.78, 5) is 31.0.